The van der Waals surface area contributed by atoms with E-state index in [1.54, 1.807) is 0 Å². The Kier molecular flexibility index (Phi) is 8.86. The molecule has 0 saturated heterocycles. The minimum Gasteiger partial charge on any atom is -0.292 e. The third-order valence-corrected chi connectivity index (χ3v) is 12.6. The second-order valence-corrected chi connectivity index (χ2v) is 16.3. The van der Waals surface area contributed by atoms with Crippen molar-refractivity contribution in [2.75, 3.05) is 0 Å². The lowest BCUT2D eigenvalue weighted by atomic mass is 9.84. The molecule has 2 heteroatoms. The Hall–Kier alpha value is -8.33. The van der Waals surface area contributed by atoms with Gasteiger partial charge in [-0.25, -0.2) is 4.98 Å². The van der Waals surface area contributed by atoms with Gasteiger partial charge in [-0.3, -0.25) is 4.57 Å². The van der Waals surface area contributed by atoms with Crippen molar-refractivity contribution in [2.45, 2.75) is 0 Å². The maximum atomic E-state index is 5.33. The summed E-state index contributed by atoms with van der Waals surface area (Å²) >= 11 is 0. The second kappa shape index (κ2) is 15.3. The summed E-state index contributed by atoms with van der Waals surface area (Å²) in [7, 11) is 0. The molecule has 1 heterocycles. The minimum atomic E-state index is 0.930. The van der Waals surface area contributed by atoms with Crippen LogP contribution in [-0.2, 0) is 0 Å². The lowest BCUT2D eigenvalue weighted by Crippen LogP contribution is -1.98. The van der Waals surface area contributed by atoms with Gasteiger partial charge in [-0.15, -0.1) is 0 Å². The zero-order valence-corrected chi connectivity index (χ0v) is 34.5. The van der Waals surface area contributed by atoms with Gasteiger partial charge in [-0.05, 0) is 119 Å². The molecule has 12 aromatic rings. The van der Waals surface area contributed by atoms with Crippen LogP contribution in [0.2, 0.25) is 0 Å². The van der Waals surface area contributed by atoms with Crippen molar-refractivity contribution in [3.05, 3.63) is 243 Å². The molecule has 1 aromatic heterocycles. The average molecular weight is 801 g/mol. The van der Waals surface area contributed by atoms with Crippen molar-refractivity contribution in [2.24, 2.45) is 0 Å². The second-order valence-electron chi connectivity index (χ2n) is 16.3. The fourth-order valence-electron chi connectivity index (χ4n) is 9.63. The highest BCUT2D eigenvalue weighted by molar-refractivity contribution is 6.21. The SMILES string of the molecule is c1ccc(-c2cc(-c3ccccc3)cc(-c3c4ccccc4c(-c4ccc(-c5ccc6c(c5)nc(-c5ccccc5)n6-c5cccc6ccccc56)cc4)c4ccccc34)c2)cc1. The van der Waals surface area contributed by atoms with E-state index in [2.05, 4.69) is 247 Å². The van der Waals surface area contributed by atoms with Crippen LogP contribution < -0.4 is 0 Å². The summed E-state index contributed by atoms with van der Waals surface area (Å²) in [4.78, 5) is 5.33. The van der Waals surface area contributed by atoms with E-state index in [9.17, 15) is 0 Å². The Morgan fingerprint density at radius 2 is 0.698 bits per heavy atom. The van der Waals surface area contributed by atoms with Crippen LogP contribution in [0.4, 0.5) is 0 Å². The summed E-state index contributed by atoms with van der Waals surface area (Å²) in [6.07, 6.45) is 0. The molecule has 63 heavy (non-hydrogen) atoms. The van der Waals surface area contributed by atoms with Crippen LogP contribution in [-0.4, -0.2) is 9.55 Å². The van der Waals surface area contributed by atoms with Gasteiger partial charge in [0.1, 0.15) is 5.82 Å². The third kappa shape index (κ3) is 6.40. The fraction of sp³-hybridized carbons (Fsp3) is 0. The Morgan fingerprint density at radius 3 is 1.29 bits per heavy atom. The first-order valence-corrected chi connectivity index (χ1v) is 21.6. The first-order valence-electron chi connectivity index (χ1n) is 21.6. The molecule has 0 atom stereocenters. The van der Waals surface area contributed by atoms with Crippen LogP contribution in [0.1, 0.15) is 0 Å². The number of aromatic nitrogens is 2. The van der Waals surface area contributed by atoms with Crippen molar-refractivity contribution >= 4 is 43.4 Å². The Bertz CT molecular complexity index is 3520. The number of hydrogen-bond acceptors (Lipinski definition) is 1. The largest absolute Gasteiger partial charge is 0.292 e. The Balaban J connectivity index is 0.991. The maximum absolute atomic E-state index is 5.33. The van der Waals surface area contributed by atoms with Gasteiger partial charge in [0.25, 0.3) is 0 Å². The number of hydrogen-bond donors (Lipinski definition) is 0. The van der Waals surface area contributed by atoms with Crippen LogP contribution in [0.5, 0.6) is 0 Å². The van der Waals surface area contributed by atoms with Crippen LogP contribution >= 0.6 is 0 Å². The number of imidazole rings is 1. The molecule has 0 aliphatic rings. The van der Waals surface area contributed by atoms with E-state index in [0.29, 0.717) is 0 Å². The molecule has 2 nitrogen and oxygen atoms in total. The van der Waals surface area contributed by atoms with Gasteiger partial charge in [0.2, 0.25) is 0 Å². The quantitative estimate of drug-likeness (QED) is 0.147. The average Bonchev–Trinajstić information content (AvgIpc) is 3.75. The Morgan fingerprint density at radius 1 is 0.270 bits per heavy atom. The molecular weight excluding hydrogens is 761 g/mol. The standard InChI is InChI=1S/C61H40N2/c1-4-17-41(18-5-1)48-37-49(42-19-6-2-7-20-42)39-50(38-48)60-54-28-14-12-26-52(54)59(53-27-13-15-29-55(53)60)45-33-31-43(32-34-45)47-35-36-58-56(40-47)62-61(46-22-8-3-9-23-46)63(58)57-30-16-24-44-21-10-11-25-51(44)57/h1-40H. The molecule has 0 spiro atoms. The van der Waals surface area contributed by atoms with E-state index < -0.39 is 0 Å². The van der Waals surface area contributed by atoms with E-state index in [-0.39, 0.29) is 0 Å². The van der Waals surface area contributed by atoms with Gasteiger partial charge in [-0.2, -0.15) is 0 Å². The molecule has 0 radical (unpaired) electrons. The zero-order valence-electron chi connectivity index (χ0n) is 34.5. The predicted molar refractivity (Wildman–Crippen MR) is 266 cm³/mol. The lowest BCUT2D eigenvalue weighted by Gasteiger charge is -2.19. The normalized spacial score (nSPS) is 11.5. The molecular formula is C61H40N2. The maximum Gasteiger partial charge on any atom is 0.145 e. The van der Waals surface area contributed by atoms with Crippen molar-refractivity contribution in [1.29, 1.82) is 0 Å². The van der Waals surface area contributed by atoms with Gasteiger partial charge < -0.3 is 0 Å². The van der Waals surface area contributed by atoms with Crippen LogP contribution in [0.15, 0.2) is 243 Å². The summed E-state index contributed by atoms with van der Waals surface area (Å²) in [6.45, 7) is 0. The van der Waals surface area contributed by atoms with Crippen molar-refractivity contribution < 1.29 is 0 Å². The van der Waals surface area contributed by atoms with E-state index in [1.165, 1.54) is 76.8 Å². The van der Waals surface area contributed by atoms with Gasteiger partial charge in [0.15, 0.2) is 0 Å². The first kappa shape index (κ1) is 36.5. The molecule has 12 rings (SSSR count). The van der Waals surface area contributed by atoms with Crippen LogP contribution in [0.25, 0.3) is 116 Å². The molecule has 294 valence electrons. The van der Waals surface area contributed by atoms with Crippen molar-refractivity contribution in [3.63, 3.8) is 0 Å². The first-order chi connectivity index (χ1) is 31.2. The van der Waals surface area contributed by atoms with Crippen molar-refractivity contribution in [1.82, 2.24) is 9.55 Å². The van der Waals surface area contributed by atoms with E-state index in [0.717, 1.165) is 39.2 Å². The van der Waals surface area contributed by atoms with Gasteiger partial charge in [0.05, 0.1) is 16.7 Å². The molecule has 0 N–H and O–H groups in total. The lowest BCUT2D eigenvalue weighted by molar-refractivity contribution is 1.11. The van der Waals surface area contributed by atoms with Crippen molar-refractivity contribution in [3.8, 4) is 72.7 Å². The summed E-state index contributed by atoms with van der Waals surface area (Å²) in [6, 6.07) is 87.8. The van der Waals surface area contributed by atoms with E-state index >= 15 is 0 Å². The molecule has 0 bridgehead atoms. The molecule has 0 amide bonds. The molecule has 0 aliphatic carbocycles. The van der Waals surface area contributed by atoms with Gasteiger partial charge in [-0.1, -0.05) is 206 Å². The molecule has 0 unspecified atom stereocenters. The van der Waals surface area contributed by atoms with Crippen LogP contribution in [0.3, 0.4) is 0 Å². The minimum absolute atomic E-state index is 0.930. The summed E-state index contributed by atoms with van der Waals surface area (Å²) in [5.74, 6) is 0.930. The number of fused-ring (bicyclic) bond motifs is 4. The highest BCUT2D eigenvalue weighted by Crippen LogP contribution is 2.46. The summed E-state index contributed by atoms with van der Waals surface area (Å²) < 4.78 is 2.32. The zero-order chi connectivity index (χ0) is 41.7. The number of rotatable bonds is 7. The Labute approximate surface area is 366 Å². The molecule has 0 aliphatic heterocycles. The smallest absolute Gasteiger partial charge is 0.145 e. The highest BCUT2D eigenvalue weighted by Gasteiger charge is 2.20. The third-order valence-electron chi connectivity index (χ3n) is 12.6. The van der Waals surface area contributed by atoms with Gasteiger partial charge >= 0.3 is 0 Å². The van der Waals surface area contributed by atoms with Crippen LogP contribution in [0, 0.1) is 0 Å². The van der Waals surface area contributed by atoms with E-state index in [4.69, 9.17) is 4.98 Å². The van der Waals surface area contributed by atoms with Gasteiger partial charge in [0, 0.05) is 10.9 Å². The number of benzene rings is 11. The molecule has 0 saturated carbocycles. The molecule has 0 fully saturated rings. The monoisotopic (exact) mass is 800 g/mol. The molecule has 11 aromatic carbocycles. The highest BCUT2D eigenvalue weighted by atomic mass is 15.1. The number of nitrogens with zero attached hydrogens (tertiary/aromatic N) is 2. The topological polar surface area (TPSA) is 17.8 Å². The fourth-order valence-corrected chi connectivity index (χ4v) is 9.63. The van der Waals surface area contributed by atoms with E-state index in [1.807, 2.05) is 0 Å². The predicted octanol–water partition coefficient (Wildman–Crippen LogP) is 16.5. The summed E-state index contributed by atoms with van der Waals surface area (Å²) in [5, 5.41) is 7.35. The summed E-state index contributed by atoms with van der Waals surface area (Å²) in [5.41, 5.74) is 16.2.